The third-order valence-corrected chi connectivity index (χ3v) is 7.31. The summed E-state index contributed by atoms with van der Waals surface area (Å²) in [5.74, 6) is -0.241. The van der Waals surface area contributed by atoms with Crippen LogP contribution in [0.4, 0.5) is 9.18 Å². The molecule has 1 N–H and O–H groups in total. The lowest BCUT2D eigenvalue weighted by Gasteiger charge is -2.35. The molecule has 2 heterocycles. The highest BCUT2D eigenvalue weighted by Gasteiger charge is 2.55. The van der Waals surface area contributed by atoms with Crippen LogP contribution in [0.3, 0.4) is 0 Å². The minimum Gasteiger partial charge on any atom is -0.348 e. The molecule has 4 amide bonds. The normalized spacial score (nSPS) is 23.9. The summed E-state index contributed by atoms with van der Waals surface area (Å²) in [4.78, 5) is 41.5. The number of amides is 4. The van der Waals surface area contributed by atoms with Gasteiger partial charge in [0.1, 0.15) is 17.9 Å². The highest BCUT2D eigenvalue weighted by atomic mass is 32.2. The smallest absolute Gasteiger partial charge is 0.327 e. The van der Waals surface area contributed by atoms with E-state index in [0.717, 1.165) is 29.7 Å². The number of urea groups is 1. The zero-order chi connectivity index (χ0) is 19.9. The fraction of sp³-hybridized carbons (Fsp3) is 0.550. The second-order valence-corrected chi connectivity index (χ2v) is 8.85. The lowest BCUT2D eigenvalue weighted by molar-refractivity contribution is -0.137. The van der Waals surface area contributed by atoms with Crippen molar-refractivity contribution >= 4 is 29.6 Å². The maximum absolute atomic E-state index is 14.0. The molecule has 1 aromatic rings. The Morgan fingerprint density at radius 1 is 1.29 bits per heavy atom. The number of thioether (sulfide) groups is 1. The summed E-state index contributed by atoms with van der Waals surface area (Å²) in [6.07, 6.45) is 4.86. The molecule has 6 nitrogen and oxygen atoms in total. The van der Waals surface area contributed by atoms with Gasteiger partial charge in [0.25, 0.3) is 5.91 Å². The summed E-state index contributed by atoms with van der Waals surface area (Å²) in [6, 6.07) is 4.14. The lowest BCUT2D eigenvalue weighted by atomic mass is 9.81. The first kappa shape index (κ1) is 19.2. The van der Waals surface area contributed by atoms with Gasteiger partial charge in [-0.05, 0) is 30.9 Å². The number of rotatable bonds is 3. The van der Waals surface area contributed by atoms with E-state index >= 15 is 0 Å². The summed E-state index contributed by atoms with van der Waals surface area (Å²) in [5.41, 5.74) is -0.0307. The number of carbonyl (C=O) groups is 3. The maximum Gasteiger partial charge on any atom is 0.327 e. The molecule has 3 aliphatic rings. The predicted molar refractivity (Wildman–Crippen MR) is 103 cm³/mol. The second kappa shape index (κ2) is 7.39. The van der Waals surface area contributed by atoms with E-state index < -0.39 is 17.5 Å². The van der Waals surface area contributed by atoms with Crippen molar-refractivity contribution in [3.8, 4) is 0 Å². The molecular weight excluding hydrogens is 381 g/mol. The lowest BCUT2D eigenvalue weighted by Crippen LogP contribution is -2.49. The van der Waals surface area contributed by atoms with Gasteiger partial charge < -0.3 is 10.2 Å². The fourth-order valence-corrected chi connectivity index (χ4v) is 5.73. The van der Waals surface area contributed by atoms with Gasteiger partial charge in [0.2, 0.25) is 5.91 Å². The van der Waals surface area contributed by atoms with Crippen molar-refractivity contribution < 1.29 is 18.8 Å². The standard InChI is InChI=1S/C20H24FN3O3S/c1-23-19(27)24(18(26)20(23)9-3-2-4-10-20)12-16(25)22-15-8-11-28-17-13(15)6-5-7-14(17)21/h5-7,15H,2-4,8-12H2,1H3,(H,22,25). The highest BCUT2D eigenvalue weighted by Crippen LogP contribution is 2.40. The predicted octanol–water partition coefficient (Wildman–Crippen LogP) is 3.08. The van der Waals surface area contributed by atoms with Gasteiger partial charge in [0.15, 0.2) is 0 Å². The van der Waals surface area contributed by atoms with Crippen LogP contribution in [0, 0.1) is 5.82 Å². The minimum atomic E-state index is -0.785. The van der Waals surface area contributed by atoms with Crippen LogP contribution in [0.1, 0.15) is 50.1 Å². The third-order valence-electron chi connectivity index (χ3n) is 6.15. The van der Waals surface area contributed by atoms with Crippen molar-refractivity contribution in [1.29, 1.82) is 0 Å². The SMILES string of the molecule is CN1C(=O)N(CC(=O)NC2CCSc3c(F)cccc32)C(=O)C12CCCCC2. The van der Waals surface area contributed by atoms with E-state index in [1.54, 1.807) is 13.1 Å². The number of fused-ring (bicyclic) bond motifs is 1. The Kier molecular flexibility index (Phi) is 5.07. The first-order valence-corrected chi connectivity index (χ1v) is 10.7. The molecule has 1 atom stereocenters. The fourth-order valence-electron chi connectivity index (χ4n) is 4.59. The number of carbonyl (C=O) groups excluding carboxylic acids is 3. The number of hydrogen-bond acceptors (Lipinski definition) is 4. The molecule has 1 aromatic carbocycles. The zero-order valence-corrected chi connectivity index (χ0v) is 16.7. The van der Waals surface area contributed by atoms with E-state index in [1.165, 1.54) is 22.7 Å². The van der Waals surface area contributed by atoms with E-state index in [2.05, 4.69) is 5.32 Å². The van der Waals surface area contributed by atoms with Crippen LogP contribution in [0.25, 0.3) is 0 Å². The van der Waals surface area contributed by atoms with Gasteiger partial charge in [-0.3, -0.25) is 14.5 Å². The van der Waals surface area contributed by atoms with Crippen molar-refractivity contribution in [2.75, 3.05) is 19.3 Å². The van der Waals surface area contributed by atoms with E-state index in [0.29, 0.717) is 29.9 Å². The first-order valence-electron chi connectivity index (χ1n) is 9.74. The average Bonchev–Trinajstić information content (AvgIpc) is 2.86. The molecule has 1 aliphatic carbocycles. The van der Waals surface area contributed by atoms with Crippen molar-refractivity contribution in [2.24, 2.45) is 0 Å². The number of likely N-dealkylation sites (N-methyl/N-ethyl adjacent to an activating group) is 1. The van der Waals surface area contributed by atoms with E-state index in [1.807, 2.05) is 6.07 Å². The van der Waals surface area contributed by atoms with E-state index in [4.69, 9.17) is 0 Å². The molecule has 1 saturated carbocycles. The number of hydrogen-bond donors (Lipinski definition) is 1. The van der Waals surface area contributed by atoms with Crippen LogP contribution < -0.4 is 5.32 Å². The van der Waals surface area contributed by atoms with Gasteiger partial charge in [-0.25, -0.2) is 9.18 Å². The number of halogens is 1. The molecule has 0 radical (unpaired) electrons. The summed E-state index contributed by atoms with van der Waals surface area (Å²) < 4.78 is 14.0. The Morgan fingerprint density at radius 3 is 2.79 bits per heavy atom. The molecule has 4 rings (SSSR count). The van der Waals surface area contributed by atoms with Gasteiger partial charge in [-0.2, -0.15) is 0 Å². The average molecular weight is 405 g/mol. The van der Waals surface area contributed by atoms with Gasteiger partial charge >= 0.3 is 6.03 Å². The quantitative estimate of drug-likeness (QED) is 0.785. The molecule has 0 aromatic heterocycles. The van der Waals surface area contributed by atoms with Crippen molar-refractivity contribution in [1.82, 2.24) is 15.1 Å². The molecule has 1 saturated heterocycles. The molecule has 1 unspecified atom stereocenters. The summed E-state index contributed by atoms with van der Waals surface area (Å²) >= 11 is 1.44. The van der Waals surface area contributed by atoms with Crippen LogP contribution in [0.15, 0.2) is 23.1 Å². The number of nitrogens with one attached hydrogen (secondary N) is 1. The molecule has 2 aliphatic heterocycles. The van der Waals surface area contributed by atoms with Crippen LogP contribution in [-0.2, 0) is 9.59 Å². The number of benzene rings is 1. The van der Waals surface area contributed by atoms with E-state index in [-0.39, 0.29) is 24.3 Å². The molecule has 28 heavy (non-hydrogen) atoms. The molecule has 0 bridgehead atoms. The van der Waals surface area contributed by atoms with Crippen molar-refractivity contribution in [3.05, 3.63) is 29.6 Å². The minimum absolute atomic E-state index is 0.263. The van der Waals surface area contributed by atoms with Crippen molar-refractivity contribution in [3.63, 3.8) is 0 Å². The zero-order valence-electron chi connectivity index (χ0n) is 15.9. The summed E-state index contributed by atoms with van der Waals surface area (Å²) in [7, 11) is 1.65. The maximum atomic E-state index is 14.0. The molecular formula is C20H24FN3O3S. The number of nitrogens with zero attached hydrogens (tertiary/aromatic N) is 2. The Balaban J connectivity index is 1.47. The van der Waals surface area contributed by atoms with Gasteiger partial charge in [-0.15, -0.1) is 11.8 Å². The van der Waals surface area contributed by atoms with Crippen LogP contribution >= 0.6 is 11.8 Å². The van der Waals surface area contributed by atoms with Gasteiger partial charge in [0, 0.05) is 17.7 Å². The first-order chi connectivity index (χ1) is 13.4. The molecule has 150 valence electrons. The molecule has 1 spiro atoms. The van der Waals surface area contributed by atoms with Crippen LogP contribution in [0.5, 0.6) is 0 Å². The van der Waals surface area contributed by atoms with Crippen LogP contribution in [0.2, 0.25) is 0 Å². The van der Waals surface area contributed by atoms with E-state index in [9.17, 15) is 18.8 Å². The molecule has 8 heteroatoms. The molecule has 2 fully saturated rings. The second-order valence-electron chi connectivity index (χ2n) is 7.74. The topological polar surface area (TPSA) is 69.7 Å². The Bertz CT molecular complexity index is 825. The largest absolute Gasteiger partial charge is 0.348 e. The summed E-state index contributed by atoms with van der Waals surface area (Å²) in [5, 5.41) is 2.89. The Labute approximate surface area is 167 Å². The third kappa shape index (κ3) is 3.07. The highest BCUT2D eigenvalue weighted by molar-refractivity contribution is 7.99. The number of imide groups is 1. The van der Waals surface area contributed by atoms with Crippen molar-refractivity contribution in [2.45, 2.75) is 55.0 Å². The Morgan fingerprint density at radius 2 is 2.04 bits per heavy atom. The Hall–Kier alpha value is -2.09. The van der Waals surface area contributed by atoms with Gasteiger partial charge in [-0.1, -0.05) is 31.4 Å². The summed E-state index contributed by atoms with van der Waals surface area (Å²) in [6.45, 7) is -0.294. The van der Waals surface area contributed by atoms with Gasteiger partial charge in [0.05, 0.1) is 6.04 Å². The van der Waals surface area contributed by atoms with Crippen LogP contribution in [-0.4, -0.2) is 52.5 Å². The monoisotopic (exact) mass is 405 g/mol.